The maximum atomic E-state index is 5.68. The van der Waals surface area contributed by atoms with Crippen molar-refractivity contribution in [1.82, 2.24) is 15.3 Å². The van der Waals surface area contributed by atoms with Crippen LogP contribution in [0, 0.1) is 0 Å². The predicted octanol–water partition coefficient (Wildman–Crippen LogP) is 3.46. The van der Waals surface area contributed by atoms with Gasteiger partial charge in [0.15, 0.2) is 11.5 Å². The monoisotopic (exact) mass is 399 g/mol. The second kappa shape index (κ2) is 10.3. The molecule has 1 fully saturated rings. The summed E-state index contributed by atoms with van der Waals surface area (Å²) in [7, 11) is 5.65. The van der Waals surface area contributed by atoms with Gasteiger partial charge in [-0.15, -0.1) is 0 Å². The SMILES string of the molecule is CCOc1cc(CNC2CCC(Nc3nccc(N(C)C)n3)CC2)ccc1OC. The molecule has 1 aromatic carbocycles. The van der Waals surface area contributed by atoms with E-state index in [9.17, 15) is 0 Å². The van der Waals surface area contributed by atoms with Crippen LogP contribution in [-0.2, 0) is 6.54 Å². The van der Waals surface area contributed by atoms with Gasteiger partial charge in [-0.05, 0) is 56.4 Å². The number of aromatic nitrogens is 2. The Balaban J connectivity index is 1.46. The summed E-state index contributed by atoms with van der Waals surface area (Å²) >= 11 is 0. The average molecular weight is 400 g/mol. The highest BCUT2D eigenvalue weighted by Crippen LogP contribution is 2.28. The van der Waals surface area contributed by atoms with Crippen molar-refractivity contribution in [3.63, 3.8) is 0 Å². The van der Waals surface area contributed by atoms with Crippen molar-refractivity contribution in [3.8, 4) is 11.5 Å². The molecule has 1 aromatic heterocycles. The molecule has 0 spiro atoms. The fourth-order valence-electron chi connectivity index (χ4n) is 3.65. The molecule has 0 amide bonds. The minimum Gasteiger partial charge on any atom is -0.493 e. The second-order valence-corrected chi connectivity index (χ2v) is 7.62. The molecule has 0 unspecified atom stereocenters. The zero-order valence-corrected chi connectivity index (χ0v) is 17.9. The fourth-order valence-corrected chi connectivity index (χ4v) is 3.65. The van der Waals surface area contributed by atoms with Crippen molar-refractivity contribution < 1.29 is 9.47 Å². The molecule has 158 valence electrons. The Bertz CT molecular complexity index is 776. The highest BCUT2D eigenvalue weighted by molar-refractivity contribution is 5.43. The lowest BCUT2D eigenvalue weighted by Gasteiger charge is -2.30. The first kappa shape index (κ1) is 21.2. The molecular formula is C22H33N5O2. The highest BCUT2D eigenvalue weighted by atomic mass is 16.5. The van der Waals surface area contributed by atoms with E-state index in [2.05, 4.69) is 32.7 Å². The number of nitrogens with zero attached hydrogens (tertiary/aromatic N) is 3. The van der Waals surface area contributed by atoms with Crippen LogP contribution >= 0.6 is 0 Å². The van der Waals surface area contributed by atoms with Gasteiger partial charge in [-0.3, -0.25) is 0 Å². The first-order chi connectivity index (χ1) is 14.1. The molecule has 2 N–H and O–H groups in total. The minimum atomic E-state index is 0.427. The molecule has 1 aliphatic carbocycles. The molecule has 7 heteroatoms. The van der Waals surface area contributed by atoms with E-state index in [0.29, 0.717) is 24.6 Å². The summed E-state index contributed by atoms with van der Waals surface area (Å²) in [4.78, 5) is 10.9. The van der Waals surface area contributed by atoms with Gasteiger partial charge in [0.05, 0.1) is 13.7 Å². The normalized spacial score (nSPS) is 18.9. The Morgan fingerprint density at radius 1 is 1.07 bits per heavy atom. The lowest BCUT2D eigenvalue weighted by atomic mass is 9.91. The van der Waals surface area contributed by atoms with Crippen molar-refractivity contribution in [1.29, 1.82) is 0 Å². The Hall–Kier alpha value is -2.54. The van der Waals surface area contributed by atoms with Crippen molar-refractivity contribution in [2.45, 2.75) is 51.2 Å². The van der Waals surface area contributed by atoms with E-state index in [4.69, 9.17) is 9.47 Å². The van der Waals surface area contributed by atoms with Crippen LogP contribution in [0.2, 0.25) is 0 Å². The van der Waals surface area contributed by atoms with E-state index >= 15 is 0 Å². The first-order valence-corrected chi connectivity index (χ1v) is 10.4. The maximum absolute atomic E-state index is 5.68. The van der Waals surface area contributed by atoms with E-state index < -0.39 is 0 Å². The van der Waals surface area contributed by atoms with Crippen LogP contribution < -0.4 is 25.0 Å². The van der Waals surface area contributed by atoms with Crippen LogP contribution in [0.1, 0.15) is 38.2 Å². The van der Waals surface area contributed by atoms with Crippen molar-refractivity contribution in [2.24, 2.45) is 0 Å². The lowest BCUT2D eigenvalue weighted by molar-refractivity contribution is 0.310. The Morgan fingerprint density at radius 2 is 1.83 bits per heavy atom. The Labute approximate surface area is 173 Å². The van der Waals surface area contributed by atoms with E-state index in [1.54, 1.807) is 7.11 Å². The number of benzene rings is 1. The van der Waals surface area contributed by atoms with E-state index in [1.165, 1.54) is 5.56 Å². The summed E-state index contributed by atoms with van der Waals surface area (Å²) in [5.74, 6) is 3.22. The molecule has 0 radical (unpaired) electrons. The molecule has 1 heterocycles. The quantitative estimate of drug-likeness (QED) is 0.669. The van der Waals surface area contributed by atoms with Gasteiger partial charge in [-0.25, -0.2) is 4.98 Å². The van der Waals surface area contributed by atoms with Gasteiger partial charge in [0, 0.05) is 38.9 Å². The Morgan fingerprint density at radius 3 is 2.52 bits per heavy atom. The molecule has 0 bridgehead atoms. The molecule has 0 saturated heterocycles. The lowest BCUT2D eigenvalue weighted by Crippen LogP contribution is -2.36. The van der Waals surface area contributed by atoms with Crippen molar-refractivity contribution >= 4 is 11.8 Å². The van der Waals surface area contributed by atoms with Gasteiger partial charge in [0.2, 0.25) is 5.95 Å². The molecule has 0 atom stereocenters. The smallest absolute Gasteiger partial charge is 0.224 e. The van der Waals surface area contributed by atoms with Crippen LogP contribution in [0.3, 0.4) is 0 Å². The van der Waals surface area contributed by atoms with Crippen molar-refractivity contribution in [3.05, 3.63) is 36.0 Å². The van der Waals surface area contributed by atoms with Crippen LogP contribution in [0.15, 0.2) is 30.5 Å². The van der Waals surface area contributed by atoms with Crippen LogP contribution in [-0.4, -0.2) is 49.9 Å². The topological polar surface area (TPSA) is 71.5 Å². The average Bonchev–Trinajstić information content (AvgIpc) is 2.74. The Kier molecular flexibility index (Phi) is 7.52. The van der Waals surface area contributed by atoms with Crippen LogP contribution in [0.4, 0.5) is 11.8 Å². The van der Waals surface area contributed by atoms with E-state index in [0.717, 1.165) is 49.5 Å². The summed E-state index contributed by atoms with van der Waals surface area (Å²) in [6.07, 6.45) is 6.31. The van der Waals surface area contributed by atoms with Gasteiger partial charge in [-0.1, -0.05) is 6.07 Å². The van der Waals surface area contributed by atoms with E-state index in [1.807, 2.05) is 44.2 Å². The summed E-state index contributed by atoms with van der Waals surface area (Å²) in [5.41, 5.74) is 1.21. The fraction of sp³-hybridized carbons (Fsp3) is 0.545. The largest absolute Gasteiger partial charge is 0.493 e. The summed E-state index contributed by atoms with van der Waals surface area (Å²) in [6, 6.07) is 9.01. The van der Waals surface area contributed by atoms with Crippen LogP contribution in [0.5, 0.6) is 11.5 Å². The zero-order chi connectivity index (χ0) is 20.6. The molecule has 1 aliphatic rings. The van der Waals surface area contributed by atoms with Gasteiger partial charge < -0.3 is 25.0 Å². The van der Waals surface area contributed by atoms with Crippen LogP contribution in [0.25, 0.3) is 0 Å². The third kappa shape index (κ3) is 5.97. The molecule has 7 nitrogen and oxygen atoms in total. The molecule has 0 aliphatic heterocycles. The maximum Gasteiger partial charge on any atom is 0.224 e. The zero-order valence-electron chi connectivity index (χ0n) is 17.9. The van der Waals surface area contributed by atoms with Gasteiger partial charge in [0.25, 0.3) is 0 Å². The molecule has 2 aromatic rings. The molecular weight excluding hydrogens is 366 g/mol. The van der Waals surface area contributed by atoms with Gasteiger partial charge >= 0.3 is 0 Å². The van der Waals surface area contributed by atoms with Gasteiger partial charge in [0.1, 0.15) is 5.82 Å². The highest BCUT2D eigenvalue weighted by Gasteiger charge is 2.21. The minimum absolute atomic E-state index is 0.427. The first-order valence-electron chi connectivity index (χ1n) is 10.4. The summed E-state index contributed by atoms with van der Waals surface area (Å²) in [5, 5.41) is 7.19. The number of methoxy groups -OCH3 is 1. The number of nitrogens with one attached hydrogen (secondary N) is 2. The summed E-state index contributed by atoms with van der Waals surface area (Å²) < 4.78 is 11.0. The molecule has 1 saturated carbocycles. The standard InChI is InChI=1S/C22H33N5O2/c1-5-29-20-14-16(6-11-19(20)28-4)15-24-17-7-9-18(10-8-17)25-22-23-13-12-21(26-22)27(2)3/h6,11-14,17-18,24H,5,7-10,15H2,1-4H3,(H,23,25,26). The second-order valence-electron chi connectivity index (χ2n) is 7.62. The predicted molar refractivity (Wildman–Crippen MR) is 117 cm³/mol. The molecule has 29 heavy (non-hydrogen) atoms. The van der Waals surface area contributed by atoms with Gasteiger partial charge in [-0.2, -0.15) is 4.98 Å². The number of rotatable bonds is 9. The number of hydrogen-bond donors (Lipinski definition) is 2. The summed E-state index contributed by atoms with van der Waals surface area (Å²) in [6.45, 7) is 3.45. The number of hydrogen-bond acceptors (Lipinski definition) is 7. The van der Waals surface area contributed by atoms with Crippen molar-refractivity contribution in [2.75, 3.05) is 38.0 Å². The van der Waals surface area contributed by atoms with E-state index in [-0.39, 0.29) is 0 Å². The third-order valence-electron chi connectivity index (χ3n) is 5.28. The number of ether oxygens (including phenoxy) is 2. The third-order valence-corrected chi connectivity index (χ3v) is 5.28. The molecule has 3 rings (SSSR count). The number of anilines is 2.